The lowest BCUT2D eigenvalue weighted by Crippen LogP contribution is -2.20. The van der Waals surface area contributed by atoms with Crippen LogP contribution in [0.1, 0.15) is 12.8 Å². The van der Waals surface area contributed by atoms with Crippen molar-refractivity contribution >= 4 is 22.7 Å². The Hall–Kier alpha value is -2.40. The summed E-state index contributed by atoms with van der Waals surface area (Å²) in [4.78, 5) is 0. The minimum atomic E-state index is -0.370. The van der Waals surface area contributed by atoms with Gasteiger partial charge in [-0.3, -0.25) is 0 Å². The largest absolute Gasteiger partial charge is 0.399 e. The van der Waals surface area contributed by atoms with Gasteiger partial charge < -0.3 is 27.2 Å². The van der Waals surface area contributed by atoms with Crippen LogP contribution >= 0.6 is 0 Å². The zero-order chi connectivity index (χ0) is 15.8. The van der Waals surface area contributed by atoms with Gasteiger partial charge in [-0.1, -0.05) is 0 Å². The first-order valence-electron chi connectivity index (χ1n) is 7.50. The smallest absolute Gasteiger partial charge is 0.0713 e. The van der Waals surface area contributed by atoms with E-state index in [9.17, 15) is 5.11 Å². The molecular weight excluding hydrogens is 276 g/mol. The van der Waals surface area contributed by atoms with E-state index in [4.69, 9.17) is 11.5 Å². The van der Waals surface area contributed by atoms with E-state index in [-0.39, 0.29) is 6.10 Å². The van der Waals surface area contributed by atoms with Gasteiger partial charge in [0.1, 0.15) is 0 Å². The maximum Gasteiger partial charge on any atom is 0.0713 e. The van der Waals surface area contributed by atoms with Crippen molar-refractivity contribution in [1.29, 1.82) is 0 Å². The second-order valence-corrected chi connectivity index (χ2v) is 5.35. The molecule has 0 aliphatic heterocycles. The molecule has 1 atom stereocenters. The number of anilines is 4. The predicted octanol–water partition coefficient (Wildman–Crippen LogP) is 2.52. The lowest BCUT2D eigenvalue weighted by Gasteiger charge is -2.13. The first-order valence-corrected chi connectivity index (χ1v) is 7.50. The number of nitrogens with one attached hydrogen (secondary N) is 2. The van der Waals surface area contributed by atoms with Crippen molar-refractivity contribution in [3.63, 3.8) is 0 Å². The molecule has 2 aromatic carbocycles. The zero-order valence-corrected chi connectivity index (χ0v) is 12.6. The maximum atomic E-state index is 9.97. The third kappa shape index (κ3) is 5.54. The van der Waals surface area contributed by atoms with E-state index in [1.807, 2.05) is 48.5 Å². The highest BCUT2D eigenvalue weighted by Gasteiger charge is 2.03. The number of benzene rings is 2. The van der Waals surface area contributed by atoms with Gasteiger partial charge >= 0.3 is 0 Å². The second-order valence-electron chi connectivity index (χ2n) is 5.35. The third-order valence-corrected chi connectivity index (χ3v) is 3.41. The highest BCUT2D eigenvalue weighted by Crippen LogP contribution is 2.12. The van der Waals surface area contributed by atoms with E-state index in [2.05, 4.69) is 10.6 Å². The van der Waals surface area contributed by atoms with Crippen LogP contribution in [0.25, 0.3) is 0 Å². The molecule has 5 nitrogen and oxygen atoms in total. The average Bonchev–Trinajstić information content (AvgIpc) is 2.53. The number of hydrogen-bond acceptors (Lipinski definition) is 5. The SMILES string of the molecule is Nc1ccc(NCCCC(O)CNc2ccc(N)cc2)cc1. The summed E-state index contributed by atoms with van der Waals surface area (Å²) in [6, 6.07) is 15.1. The molecule has 2 rings (SSSR count). The van der Waals surface area contributed by atoms with Gasteiger partial charge in [-0.05, 0) is 61.4 Å². The number of nitrogens with two attached hydrogens (primary N) is 2. The van der Waals surface area contributed by atoms with Crippen LogP contribution in [0.2, 0.25) is 0 Å². The van der Waals surface area contributed by atoms with Gasteiger partial charge in [0.2, 0.25) is 0 Å². The number of hydrogen-bond donors (Lipinski definition) is 5. The highest BCUT2D eigenvalue weighted by atomic mass is 16.3. The van der Waals surface area contributed by atoms with Gasteiger partial charge in [0.25, 0.3) is 0 Å². The lowest BCUT2D eigenvalue weighted by molar-refractivity contribution is 0.176. The highest BCUT2D eigenvalue weighted by molar-refractivity contribution is 5.51. The summed E-state index contributed by atoms with van der Waals surface area (Å²) in [5.41, 5.74) is 14.8. The second kappa shape index (κ2) is 8.14. The number of nitrogen functional groups attached to an aromatic ring is 2. The van der Waals surface area contributed by atoms with Crippen molar-refractivity contribution in [1.82, 2.24) is 0 Å². The molecule has 0 saturated carbocycles. The van der Waals surface area contributed by atoms with Crippen LogP contribution in [0.4, 0.5) is 22.7 Å². The Morgan fingerprint density at radius 2 is 1.32 bits per heavy atom. The molecule has 118 valence electrons. The van der Waals surface area contributed by atoms with E-state index in [1.54, 1.807) is 0 Å². The van der Waals surface area contributed by atoms with E-state index in [1.165, 1.54) is 0 Å². The molecule has 2 aromatic rings. The Bertz CT molecular complexity index is 554. The van der Waals surface area contributed by atoms with Crippen LogP contribution in [-0.2, 0) is 0 Å². The van der Waals surface area contributed by atoms with Gasteiger partial charge in [-0.25, -0.2) is 0 Å². The molecule has 5 heteroatoms. The average molecular weight is 300 g/mol. The first-order chi connectivity index (χ1) is 10.6. The molecule has 0 spiro atoms. The summed E-state index contributed by atoms with van der Waals surface area (Å²) in [7, 11) is 0. The fourth-order valence-electron chi connectivity index (χ4n) is 2.11. The monoisotopic (exact) mass is 300 g/mol. The number of aliphatic hydroxyl groups is 1. The minimum Gasteiger partial charge on any atom is -0.399 e. The summed E-state index contributed by atoms with van der Waals surface area (Å²) in [5, 5.41) is 16.5. The van der Waals surface area contributed by atoms with E-state index >= 15 is 0 Å². The molecule has 1 unspecified atom stereocenters. The van der Waals surface area contributed by atoms with Crippen molar-refractivity contribution in [2.75, 3.05) is 35.2 Å². The molecule has 22 heavy (non-hydrogen) atoms. The molecule has 0 bridgehead atoms. The summed E-state index contributed by atoms with van der Waals surface area (Å²) < 4.78 is 0. The fraction of sp³-hybridized carbons (Fsp3) is 0.294. The quantitative estimate of drug-likeness (QED) is 0.381. The Morgan fingerprint density at radius 1 is 0.818 bits per heavy atom. The van der Waals surface area contributed by atoms with Crippen molar-refractivity contribution in [2.24, 2.45) is 0 Å². The summed E-state index contributed by atoms with van der Waals surface area (Å²) in [5.74, 6) is 0. The summed E-state index contributed by atoms with van der Waals surface area (Å²) in [6.45, 7) is 1.36. The topological polar surface area (TPSA) is 96.3 Å². The Morgan fingerprint density at radius 3 is 1.86 bits per heavy atom. The molecule has 0 amide bonds. The minimum absolute atomic E-state index is 0.370. The van der Waals surface area contributed by atoms with Crippen LogP contribution in [0.3, 0.4) is 0 Å². The fourth-order valence-corrected chi connectivity index (χ4v) is 2.11. The Labute approximate surface area is 131 Å². The normalized spacial score (nSPS) is 11.9. The van der Waals surface area contributed by atoms with E-state index < -0.39 is 0 Å². The molecule has 0 saturated heterocycles. The molecule has 0 aromatic heterocycles. The van der Waals surface area contributed by atoms with E-state index in [0.717, 1.165) is 42.1 Å². The van der Waals surface area contributed by atoms with Crippen molar-refractivity contribution in [2.45, 2.75) is 18.9 Å². The zero-order valence-electron chi connectivity index (χ0n) is 12.6. The number of rotatable bonds is 8. The number of aliphatic hydroxyl groups excluding tert-OH is 1. The molecule has 0 radical (unpaired) electrons. The molecule has 0 aliphatic carbocycles. The predicted molar refractivity (Wildman–Crippen MR) is 93.9 cm³/mol. The third-order valence-electron chi connectivity index (χ3n) is 3.41. The molecule has 0 heterocycles. The van der Waals surface area contributed by atoms with Crippen LogP contribution in [0, 0.1) is 0 Å². The van der Waals surface area contributed by atoms with Crippen molar-refractivity contribution in [3.05, 3.63) is 48.5 Å². The van der Waals surface area contributed by atoms with Gasteiger partial charge in [0.05, 0.1) is 6.10 Å². The van der Waals surface area contributed by atoms with Crippen LogP contribution in [-0.4, -0.2) is 24.3 Å². The molecule has 0 fully saturated rings. The lowest BCUT2D eigenvalue weighted by atomic mass is 10.2. The van der Waals surface area contributed by atoms with E-state index in [0.29, 0.717) is 6.54 Å². The summed E-state index contributed by atoms with van der Waals surface area (Å²) in [6.07, 6.45) is 1.27. The summed E-state index contributed by atoms with van der Waals surface area (Å²) >= 11 is 0. The van der Waals surface area contributed by atoms with Crippen molar-refractivity contribution < 1.29 is 5.11 Å². The van der Waals surface area contributed by atoms with Crippen LogP contribution in [0.15, 0.2) is 48.5 Å². The Kier molecular flexibility index (Phi) is 5.91. The van der Waals surface area contributed by atoms with Crippen LogP contribution in [0.5, 0.6) is 0 Å². The molecular formula is C17H24N4O. The van der Waals surface area contributed by atoms with Crippen LogP contribution < -0.4 is 22.1 Å². The maximum absolute atomic E-state index is 9.97. The van der Waals surface area contributed by atoms with Gasteiger partial charge in [-0.2, -0.15) is 0 Å². The van der Waals surface area contributed by atoms with Gasteiger partial charge in [0, 0.05) is 35.8 Å². The first kappa shape index (κ1) is 16.0. The van der Waals surface area contributed by atoms with Gasteiger partial charge in [0.15, 0.2) is 0 Å². The standard InChI is InChI=1S/C17H24N4O/c18-13-3-7-15(8-4-13)20-11-1-2-17(22)12-21-16-9-5-14(19)6-10-16/h3-10,17,20-22H,1-2,11-12,18-19H2. The Balaban J connectivity index is 1.60. The molecule has 7 N–H and O–H groups in total. The van der Waals surface area contributed by atoms with Crippen molar-refractivity contribution in [3.8, 4) is 0 Å². The van der Waals surface area contributed by atoms with Gasteiger partial charge in [-0.15, -0.1) is 0 Å². The molecule has 0 aliphatic rings.